The fraction of sp³-hybridized carbons (Fsp3) is 0.545. The fourth-order valence-corrected chi connectivity index (χ4v) is 2.70. The van der Waals surface area contributed by atoms with E-state index in [1.54, 1.807) is 25.2 Å². The van der Waals surface area contributed by atoms with Crippen LogP contribution in [0.25, 0.3) is 0 Å². The van der Waals surface area contributed by atoms with Crippen molar-refractivity contribution in [2.45, 2.75) is 40.0 Å². The standard InChI is InChI=1S/C11H16O2S/c1-6-7(2)9(14-8(6)3)11(4,5)10(12)13/h1-5H3,(H,12,13). The molecule has 0 fully saturated rings. The van der Waals surface area contributed by atoms with Crippen LogP contribution in [-0.2, 0) is 10.2 Å². The van der Waals surface area contributed by atoms with Gasteiger partial charge in [0.15, 0.2) is 0 Å². The molecule has 0 aliphatic carbocycles. The lowest BCUT2D eigenvalue weighted by molar-refractivity contribution is -0.142. The molecule has 0 aliphatic heterocycles. The van der Waals surface area contributed by atoms with Crippen LogP contribution in [0.15, 0.2) is 0 Å². The van der Waals surface area contributed by atoms with Crippen molar-refractivity contribution in [3.63, 3.8) is 0 Å². The lowest BCUT2D eigenvalue weighted by Crippen LogP contribution is -2.28. The Balaban J connectivity index is 3.33. The maximum Gasteiger partial charge on any atom is 0.314 e. The summed E-state index contributed by atoms with van der Waals surface area (Å²) in [4.78, 5) is 13.3. The molecule has 1 heterocycles. The molecule has 78 valence electrons. The highest BCUT2D eigenvalue weighted by atomic mass is 32.1. The fourth-order valence-electron chi connectivity index (χ4n) is 1.43. The second-order valence-electron chi connectivity index (χ2n) is 4.17. The molecule has 0 saturated heterocycles. The molecular formula is C11H16O2S. The van der Waals surface area contributed by atoms with E-state index in [2.05, 4.69) is 0 Å². The Hall–Kier alpha value is -0.830. The molecule has 0 bridgehead atoms. The third kappa shape index (κ3) is 1.57. The van der Waals surface area contributed by atoms with Crippen LogP contribution < -0.4 is 0 Å². The predicted molar refractivity (Wildman–Crippen MR) is 59.2 cm³/mol. The van der Waals surface area contributed by atoms with Gasteiger partial charge in [0.1, 0.15) is 0 Å². The third-order valence-electron chi connectivity index (χ3n) is 2.79. The van der Waals surface area contributed by atoms with Crippen molar-refractivity contribution in [2.24, 2.45) is 0 Å². The highest BCUT2D eigenvalue weighted by Crippen LogP contribution is 2.36. The number of aliphatic carboxylic acids is 1. The van der Waals surface area contributed by atoms with E-state index < -0.39 is 11.4 Å². The third-order valence-corrected chi connectivity index (χ3v) is 4.42. The number of rotatable bonds is 2. The van der Waals surface area contributed by atoms with Crippen LogP contribution in [0.1, 0.15) is 34.7 Å². The predicted octanol–water partition coefficient (Wildman–Crippen LogP) is 3.04. The van der Waals surface area contributed by atoms with Gasteiger partial charge in [0, 0.05) is 9.75 Å². The Morgan fingerprint density at radius 1 is 1.21 bits per heavy atom. The minimum Gasteiger partial charge on any atom is -0.481 e. The van der Waals surface area contributed by atoms with Crippen LogP contribution in [0, 0.1) is 20.8 Å². The van der Waals surface area contributed by atoms with Crippen LogP contribution in [0.4, 0.5) is 0 Å². The first-order valence-corrected chi connectivity index (χ1v) is 5.40. The quantitative estimate of drug-likeness (QED) is 0.818. The molecule has 0 aliphatic rings. The van der Waals surface area contributed by atoms with Gasteiger partial charge < -0.3 is 5.11 Å². The minimum atomic E-state index is -0.770. The number of carbonyl (C=O) groups is 1. The van der Waals surface area contributed by atoms with Crippen molar-refractivity contribution in [2.75, 3.05) is 0 Å². The Morgan fingerprint density at radius 3 is 2.00 bits per heavy atom. The second kappa shape index (κ2) is 3.39. The Labute approximate surface area is 88.6 Å². The van der Waals surface area contributed by atoms with Crippen LogP contribution in [0.2, 0.25) is 0 Å². The molecule has 1 rings (SSSR count). The maximum absolute atomic E-state index is 11.1. The first-order valence-electron chi connectivity index (χ1n) is 4.59. The molecule has 0 atom stereocenters. The van der Waals surface area contributed by atoms with E-state index in [4.69, 9.17) is 5.11 Å². The molecule has 1 N–H and O–H groups in total. The summed E-state index contributed by atoms with van der Waals surface area (Å²) in [6.45, 7) is 9.59. The first kappa shape index (κ1) is 11.2. The Kier molecular flexibility index (Phi) is 2.72. The molecule has 0 radical (unpaired) electrons. The van der Waals surface area contributed by atoms with E-state index in [9.17, 15) is 4.79 Å². The molecule has 0 spiro atoms. The highest BCUT2D eigenvalue weighted by molar-refractivity contribution is 7.12. The Morgan fingerprint density at radius 2 is 1.71 bits per heavy atom. The molecule has 1 aromatic heterocycles. The summed E-state index contributed by atoms with van der Waals surface area (Å²) in [5.41, 5.74) is 1.58. The van der Waals surface area contributed by atoms with E-state index in [1.165, 1.54) is 10.4 Å². The maximum atomic E-state index is 11.1. The lowest BCUT2D eigenvalue weighted by atomic mass is 9.88. The van der Waals surface area contributed by atoms with Crippen LogP contribution in [0.5, 0.6) is 0 Å². The van der Waals surface area contributed by atoms with Gasteiger partial charge in [0.05, 0.1) is 5.41 Å². The molecule has 1 aromatic rings. The van der Waals surface area contributed by atoms with E-state index in [1.807, 2.05) is 20.8 Å². The van der Waals surface area contributed by atoms with Gasteiger partial charge in [-0.25, -0.2) is 0 Å². The van der Waals surface area contributed by atoms with Gasteiger partial charge >= 0.3 is 5.97 Å². The number of thiophene rings is 1. The van der Waals surface area contributed by atoms with Gasteiger partial charge in [0.25, 0.3) is 0 Å². The number of aryl methyl sites for hydroxylation is 1. The summed E-state index contributed by atoms with van der Waals surface area (Å²) in [6.07, 6.45) is 0. The van der Waals surface area contributed by atoms with E-state index in [0.717, 1.165) is 10.4 Å². The number of hydrogen-bond acceptors (Lipinski definition) is 2. The van der Waals surface area contributed by atoms with Gasteiger partial charge in [0.2, 0.25) is 0 Å². The molecule has 14 heavy (non-hydrogen) atoms. The van der Waals surface area contributed by atoms with Gasteiger partial charge in [-0.15, -0.1) is 11.3 Å². The summed E-state index contributed by atoms with van der Waals surface area (Å²) in [7, 11) is 0. The molecule has 0 unspecified atom stereocenters. The van der Waals surface area contributed by atoms with Gasteiger partial charge in [-0.2, -0.15) is 0 Å². The molecule has 2 nitrogen and oxygen atoms in total. The zero-order chi connectivity index (χ0) is 11.1. The summed E-state index contributed by atoms with van der Waals surface area (Å²) in [5, 5.41) is 9.13. The number of carboxylic acids is 1. The van der Waals surface area contributed by atoms with Crippen molar-refractivity contribution in [3.05, 3.63) is 20.9 Å². The molecular weight excluding hydrogens is 196 g/mol. The summed E-state index contributed by atoms with van der Waals surface area (Å²) in [5.74, 6) is -0.762. The topological polar surface area (TPSA) is 37.3 Å². The van der Waals surface area contributed by atoms with E-state index >= 15 is 0 Å². The normalized spacial score (nSPS) is 11.8. The van der Waals surface area contributed by atoms with E-state index in [0.29, 0.717) is 0 Å². The van der Waals surface area contributed by atoms with Crippen molar-refractivity contribution < 1.29 is 9.90 Å². The number of carboxylic acid groups (broad SMARTS) is 1. The molecule has 0 amide bonds. The van der Waals surface area contributed by atoms with E-state index in [-0.39, 0.29) is 0 Å². The monoisotopic (exact) mass is 212 g/mol. The van der Waals surface area contributed by atoms with Gasteiger partial charge in [-0.3, -0.25) is 4.79 Å². The molecule has 3 heteroatoms. The van der Waals surface area contributed by atoms with Gasteiger partial charge in [-0.1, -0.05) is 0 Å². The second-order valence-corrected chi connectivity index (χ2v) is 5.39. The zero-order valence-electron chi connectivity index (χ0n) is 9.26. The van der Waals surface area contributed by atoms with Crippen LogP contribution >= 0.6 is 11.3 Å². The van der Waals surface area contributed by atoms with Crippen molar-refractivity contribution >= 4 is 17.3 Å². The lowest BCUT2D eigenvalue weighted by Gasteiger charge is -2.18. The Bertz CT molecular complexity index is 375. The summed E-state index contributed by atoms with van der Waals surface area (Å²) in [6, 6.07) is 0. The summed E-state index contributed by atoms with van der Waals surface area (Å²) >= 11 is 1.60. The largest absolute Gasteiger partial charge is 0.481 e. The van der Waals surface area contributed by atoms with Crippen molar-refractivity contribution in [1.82, 2.24) is 0 Å². The smallest absolute Gasteiger partial charge is 0.314 e. The van der Waals surface area contributed by atoms with Crippen molar-refractivity contribution in [3.8, 4) is 0 Å². The highest BCUT2D eigenvalue weighted by Gasteiger charge is 2.33. The SMILES string of the molecule is Cc1sc(C(C)(C)C(=O)O)c(C)c1C. The average molecular weight is 212 g/mol. The summed E-state index contributed by atoms with van der Waals surface area (Å²) < 4.78 is 0. The van der Waals surface area contributed by atoms with Crippen molar-refractivity contribution in [1.29, 1.82) is 0 Å². The zero-order valence-corrected chi connectivity index (χ0v) is 10.1. The average Bonchev–Trinajstić information content (AvgIpc) is 2.33. The molecule has 0 saturated carbocycles. The number of hydrogen-bond donors (Lipinski definition) is 1. The first-order chi connectivity index (χ1) is 6.28. The van der Waals surface area contributed by atoms with Crippen LogP contribution in [0.3, 0.4) is 0 Å². The van der Waals surface area contributed by atoms with Crippen LogP contribution in [-0.4, -0.2) is 11.1 Å². The minimum absolute atomic E-state index is 0.762. The molecule has 0 aromatic carbocycles. The van der Waals surface area contributed by atoms with Gasteiger partial charge in [-0.05, 0) is 45.7 Å².